The molecule has 0 amide bonds. The molecule has 1 saturated heterocycles. The summed E-state index contributed by atoms with van der Waals surface area (Å²) in [7, 11) is 1.64. The van der Waals surface area contributed by atoms with Crippen LogP contribution < -0.4 is 14.8 Å². The predicted molar refractivity (Wildman–Crippen MR) is 109 cm³/mol. The first kappa shape index (κ1) is 20.4. The number of methoxy groups -OCH3 is 1. The Morgan fingerprint density at radius 3 is 2.86 bits per heavy atom. The van der Waals surface area contributed by atoms with Crippen molar-refractivity contribution in [3.8, 4) is 11.5 Å². The van der Waals surface area contributed by atoms with Crippen molar-refractivity contribution >= 4 is 16.9 Å². The van der Waals surface area contributed by atoms with E-state index in [1.54, 1.807) is 13.3 Å². The first-order valence-electron chi connectivity index (χ1n) is 9.86. The van der Waals surface area contributed by atoms with Crippen molar-refractivity contribution < 1.29 is 19.0 Å². The van der Waals surface area contributed by atoms with Crippen LogP contribution in [-0.4, -0.2) is 43.4 Å². The number of carbonyl (C=O) groups excluding carboxylic acids is 1. The maximum atomic E-state index is 12.6. The molecule has 0 saturated carbocycles. The molecular formula is C22H30N2O4. The fraction of sp³-hybridized carbons (Fsp3) is 0.545. The summed E-state index contributed by atoms with van der Waals surface area (Å²) in [6.07, 6.45) is 3.50. The third kappa shape index (κ3) is 5.13. The first-order valence-corrected chi connectivity index (χ1v) is 9.86. The van der Waals surface area contributed by atoms with Crippen LogP contribution in [0.1, 0.15) is 33.6 Å². The Kier molecular flexibility index (Phi) is 6.39. The molecule has 2 heterocycles. The molecule has 0 spiro atoms. The van der Waals surface area contributed by atoms with E-state index in [-0.39, 0.29) is 17.8 Å². The van der Waals surface area contributed by atoms with Crippen molar-refractivity contribution in [2.45, 2.75) is 39.2 Å². The van der Waals surface area contributed by atoms with Gasteiger partial charge >= 0.3 is 5.97 Å². The van der Waals surface area contributed by atoms with Crippen molar-refractivity contribution in [1.29, 1.82) is 0 Å². The van der Waals surface area contributed by atoms with Gasteiger partial charge in [-0.05, 0) is 70.3 Å². The summed E-state index contributed by atoms with van der Waals surface area (Å²) in [5.41, 5.74) is 0.400. The second-order valence-corrected chi connectivity index (χ2v) is 8.22. The molecule has 1 aliphatic rings. The number of esters is 1. The van der Waals surface area contributed by atoms with E-state index in [2.05, 4.69) is 10.3 Å². The Hall–Kier alpha value is -2.34. The molecule has 0 aliphatic carbocycles. The van der Waals surface area contributed by atoms with Gasteiger partial charge < -0.3 is 19.5 Å². The number of piperidine rings is 1. The molecular weight excluding hydrogens is 356 g/mol. The molecule has 2 aromatic rings. The van der Waals surface area contributed by atoms with Gasteiger partial charge in [0.05, 0.1) is 25.2 Å². The largest absolute Gasteiger partial charge is 0.497 e. The lowest BCUT2D eigenvalue weighted by Crippen LogP contribution is -2.43. The quantitative estimate of drug-likeness (QED) is 0.766. The van der Waals surface area contributed by atoms with Crippen molar-refractivity contribution in [3.05, 3.63) is 30.5 Å². The number of fused-ring (bicyclic) bond motifs is 1. The topological polar surface area (TPSA) is 69.7 Å². The summed E-state index contributed by atoms with van der Waals surface area (Å²) >= 11 is 0. The van der Waals surface area contributed by atoms with Crippen molar-refractivity contribution in [2.75, 3.05) is 26.8 Å². The highest BCUT2D eigenvalue weighted by Crippen LogP contribution is 2.29. The lowest BCUT2D eigenvalue weighted by Gasteiger charge is -2.32. The third-order valence-corrected chi connectivity index (χ3v) is 4.99. The van der Waals surface area contributed by atoms with Crippen LogP contribution in [0.2, 0.25) is 0 Å². The van der Waals surface area contributed by atoms with E-state index in [1.165, 1.54) is 0 Å². The number of rotatable bonds is 6. The predicted octanol–water partition coefficient (Wildman–Crippen LogP) is 3.58. The van der Waals surface area contributed by atoms with Gasteiger partial charge in [0.1, 0.15) is 17.1 Å². The van der Waals surface area contributed by atoms with Crippen molar-refractivity contribution in [3.63, 3.8) is 0 Å². The van der Waals surface area contributed by atoms with Crippen LogP contribution >= 0.6 is 0 Å². The third-order valence-electron chi connectivity index (χ3n) is 4.99. The molecule has 152 valence electrons. The van der Waals surface area contributed by atoms with Gasteiger partial charge in [0.2, 0.25) is 0 Å². The highest BCUT2D eigenvalue weighted by Gasteiger charge is 2.34. The van der Waals surface area contributed by atoms with Gasteiger partial charge in [-0.15, -0.1) is 0 Å². The number of aromatic nitrogens is 1. The molecule has 1 fully saturated rings. The molecule has 0 bridgehead atoms. The average Bonchev–Trinajstić information content (AvgIpc) is 2.67. The van der Waals surface area contributed by atoms with Gasteiger partial charge in [-0.3, -0.25) is 9.78 Å². The molecule has 1 aromatic carbocycles. The fourth-order valence-electron chi connectivity index (χ4n) is 3.58. The van der Waals surface area contributed by atoms with E-state index in [1.807, 2.05) is 45.0 Å². The van der Waals surface area contributed by atoms with Crippen LogP contribution in [0.4, 0.5) is 0 Å². The van der Waals surface area contributed by atoms with E-state index in [9.17, 15) is 4.79 Å². The van der Waals surface area contributed by atoms with E-state index in [0.717, 1.165) is 41.8 Å². The lowest BCUT2D eigenvalue weighted by atomic mass is 9.84. The van der Waals surface area contributed by atoms with Crippen LogP contribution in [-0.2, 0) is 9.53 Å². The second-order valence-electron chi connectivity index (χ2n) is 8.22. The molecule has 1 aromatic heterocycles. The molecule has 6 nitrogen and oxygen atoms in total. The maximum absolute atomic E-state index is 12.6. The molecule has 0 radical (unpaired) electrons. The zero-order chi connectivity index (χ0) is 20.1. The number of hydrogen-bond acceptors (Lipinski definition) is 6. The summed E-state index contributed by atoms with van der Waals surface area (Å²) in [6.45, 7) is 7.83. The maximum Gasteiger partial charge on any atom is 0.311 e. The highest BCUT2D eigenvalue weighted by atomic mass is 16.6. The minimum absolute atomic E-state index is 0.121. The van der Waals surface area contributed by atoms with Gasteiger partial charge in [0.15, 0.2) is 0 Å². The molecule has 3 rings (SSSR count). The number of benzene rings is 1. The Balaban J connectivity index is 1.65. The van der Waals surface area contributed by atoms with Gasteiger partial charge in [0.25, 0.3) is 0 Å². The van der Waals surface area contributed by atoms with Crippen LogP contribution in [0.3, 0.4) is 0 Å². The summed E-state index contributed by atoms with van der Waals surface area (Å²) in [6, 6.07) is 7.62. The highest BCUT2D eigenvalue weighted by molar-refractivity contribution is 5.86. The number of nitrogens with one attached hydrogen (secondary N) is 1. The first-order chi connectivity index (χ1) is 13.4. The zero-order valence-electron chi connectivity index (χ0n) is 17.2. The Morgan fingerprint density at radius 2 is 2.11 bits per heavy atom. The normalized spacial score (nSPS) is 20.0. The van der Waals surface area contributed by atoms with Gasteiger partial charge in [-0.25, -0.2) is 0 Å². The average molecular weight is 386 g/mol. The molecule has 2 atom stereocenters. The number of carbonyl (C=O) groups is 1. The zero-order valence-corrected chi connectivity index (χ0v) is 17.2. The molecule has 6 heteroatoms. The Bertz CT molecular complexity index is 816. The number of hydrogen-bond donors (Lipinski definition) is 1. The lowest BCUT2D eigenvalue weighted by molar-refractivity contribution is -0.162. The smallest absolute Gasteiger partial charge is 0.311 e. The van der Waals surface area contributed by atoms with Crippen LogP contribution in [0, 0.1) is 11.8 Å². The number of pyridine rings is 1. The van der Waals surface area contributed by atoms with E-state index < -0.39 is 5.60 Å². The van der Waals surface area contributed by atoms with E-state index in [4.69, 9.17) is 14.2 Å². The SMILES string of the molecule is COc1ccc2nccc(OCC[C@@H]3CCNC[C@@H]3C(=O)OC(C)(C)C)c2c1. The van der Waals surface area contributed by atoms with Crippen molar-refractivity contribution in [1.82, 2.24) is 10.3 Å². The minimum Gasteiger partial charge on any atom is -0.497 e. The summed E-state index contributed by atoms with van der Waals surface area (Å²) in [4.78, 5) is 17.0. The van der Waals surface area contributed by atoms with E-state index in [0.29, 0.717) is 13.2 Å². The van der Waals surface area contributed by atoms with Crippen LogP contribution in [0.5, 0.6) is 11.5 Å². The van der Waals surface area contributed by atoms with Crippen LogP contribution in [0.15, 0.2) is 30.5 Å². The van der Waals surface area contributed by atoms with Crippen molar-refractivity contribution in [2.24, 2.45) is 11.8 Å². The molecule has 1 aliphatic heterocycles. The monoisotopic (exact) mass is 386 g/mol. The molecule has 0 unspecified atom stereocenters. The molecule has 28 heavy (non-hydrogen) atoms. The van der Waals surface area contributed by atoms with Gasteiger partial charge in [-0.2, -0.15) is 0 Å². The number of nitrogens with zero attached hydrogens (tertiary/aromatic N) is 1. The Morgan fingerprint density at radius 1 is 1.29 bits per heavy atom. The summed E-state index contributed by atoms with van der Waals surface area (Å²) in [5.74, 6) is 1.55. The molecule has 1 N–H and O–H groups in total. The summed E-state index contributed by atoms with van der Waals surface area (Å²) < 4.78 is 17.0. The standard InChI is InChI=1S/C22H30N2O4/c1-22(2,3)28-21(25)18-14-23-10-7-15(18)9-12-27-20-8-11-24-19-6-5-16(26-4)13-17(19)20/h5-6,8,11,13,15,18,23H,7,9-10,12,14H2,1-4H3/t15-,18-/m0/s1. The summed E-state index contributed by atoms with van der Waals surface area (Å²) in [5, 5.41) is 4.24. The number of ether oxygens (including phenoxy) is 3. The van der Waals surface area contributed by atoms with E-state index >= 15 is 0 Å². The van der Waals surface area contributed by atoms with Gasteiger partial charge in [0, 0.05) is 18.1 Å². The minimum atomic E-state index is -0.468. The Labute approximate surface area is 166 Å². The fourth-order valence-corrected chi connectivity index (χ4v) is 3.58. The van der Waals surface area contributed by atoms with Crippen LogP contribution in [0.25, 0.3) is 10.9 Å². The second kappa shape index (κ2) is 8.78. The van der Waals surface area contributed by atoms with Gasteiger partial charge in [-0.1, -0.05) is 0 Å².